The second-order valence-corrected chi connectivity index (χ2v) is 5.52. The standard InChI is InChI=1S/C18H19N3O4/c1-11-7-12(5-6-19-11)9-21-10-20-15-13(18(21)22)8-14(23-2)16(24-3)17(15)25-4/h5-8,10H,9H2,1-4H3. The average Bonchev–Trinajstić information content (AvgIpc) is 2.62. The van der Waals surface area contributed by atoms with Crippen LogP contribution in [0.3, 0.4) is 0 Å². The van der Waals surface area contributed by atoms with Crippen molar-refractivity contribution in [3.63, 3.8) is 0 Å². The van der Waals surface area contributed by atoms with Gasteiger partial charge in [0, 0.05) is 11.9 Å². The molecule has 3 rings (SSSR count). The Morgan fingerprint density at radius 3 is 2.44 bits per heavy atom. The number of fused-ring (bicyclic) bond motifs is 1. The fourth-order valence-corrected chi connectivity index (χ4v) is 2.78. The summed E-state index contributed by atoms with van der Waals surface area (Å²) in [5, 5.41) is 0.405. The van der Waals surface area contributed by atoms with Crippen molar-refractivity contribution in [2.75, 3.05) is 21.3 Å². The minimum absolute atomic E-state index is 0.182. The van der Waals surface area contributed by atoms with E-state index in [1.165, 1.54) is 27.7 Å². The summed E-state index contributed by atoms with van der Waals surface area (Å²) in [5.41, 5.74) is 2.13. The molecule has 0 fully saturated rings. The molecule has 7 nitrogen and oxygen atoms in total. The summed E-state index contributed by atoms with van der Waals surface area (Å²) in [6.07, 6.45) is 3.23. The van der Waals surface area contributed by atoms with E-state index in [1.807, 2.05) is 19.1 Å². The predicted octanol–water partition coefficient (Wildman–Crippen LogP) is 2.17. The van der Waals surface area contributed by atoms with E-state index < -0.39 is 0 Å². The van der Waals surface area contributed by atoms with Crippen molar-refractivity contribution in [1.82, 2.24) is 14.5 Å². The van der Waals surface area contributed by atoms with E-state index in [1.54, 1.807) is 16.8 Å². The molecule has 2 aromatic heterocycles. The number of hydrogen-bond acceptors (Lipinski definition) is 6. The van der Waals surface area contributed by atoms with Gasteiger partial charge in [-0.2, -0.15) is 0 Å². The SMILES string of the molecule is COc1cc2c(=O)n(Cc3ccnc(C)c3)cnc2c(OC)c1OC. The zero-order chi connectivity index (χ0) is 18.0. The summed E-state index contributed by atoms with van der Waals surface area (Å²) in [5.74, 6) is 1.20. The predicted molar refractivity (Wildman–Crippen MR) is 93.7 cm³/mol. The molecule has 0 radical (unpaired) electrons. The summed E-state index contributed by atoms with van der Waals surface area (Å²) in [4.78, 5) is 21.5. The lowest BCUT2D eigenvalue weighted by atomic mass is 10.2. The van der Waals surface area contributed by atoms with Gasteiger partial charge in [-0.3, -0.25) is 14.3 Å². The summed E-state index contributed by atoms with van der Waals surface area (Å²) in [6.45, 7) is 2.31. The molecule has 0 aliphatic carbocycles. The van der Waals surface area contributed by atoms with Crippen molar-refractivity contribution in [3.8, 4) is 17.2 Å². The van der Waals surface area contributed by atoms with Crippen LogP contribution in [0.2, 0.25) is 0 Å². The largest absolute Gasteiger partial charge is 0.493 e. The summed E-state index contributed by atoms with van der Waals surface area (Å²) in [7, 11) is 4.53. The second-order valence-electron chi connectivity index (χ2n) is 5.52. The van der Waals surface area contributed by atoms with Crippen LogP contribution in [0.15, 0.2) is 35.5 Å². The lowest BCUT2D eigenvalue weighted by Crippen LogP contribution is -2.21. The van der Waals surface area contributed by atoms with Crippen molar-refractivity contribution in [2.24, 2.45) is 0 Å². The highest BCUT2D eigenvalue weighted by atomic mass is 16.5. The Morgan fingerprint density at radius 1 is 1.04 bits per heavy atom. The second kappa shape index (κ2) is 6.80. The molecule has 0 bridgehead atoms. The fourth-order valence-electron chi connectivity index (χ4n) is 2.78. The average molecular weight is 341 g/mol. The van der Waals surface area contributed by atoms with Gasteiger partial charge in [0.05, 0.1) is 39.6 Å². The van der Waals surface area contributed by atoms with Crippen LogP contribution >= 0.6 is 0 Å². The van der Waals surface area contributed by atoms with Crippen LogP contribution in [0.1, 0.15) is 11.3 Å². The van der Waals surface area contributed by atoms with Crippen LogP contribution in [-0.4, -0.2) is 35.9 Å². The van der Waals surface area contributed by atoms with Crippen LogP contribution in [0.5, 0.6) is 17.2 Å². The molecule has 1 aromatic carbocycles. The molecule has 0 aliphatic rings. The molecule has 2 heterocycles. The highest BCUT2D eigenvalue weighted by molar-refractivity contribution is 5.89. The maximum atomic E-state index is 12.9. The Hall–Kier alpha value is -3.09. The van der Waals surface area contributed by atoms with Gasteiger partial charge in [0.15, 0.2) is 11.5 Å². The van der Waals surface area contributed by atoms with Gasteiger partial charge < -0.3 is 14.2 Å². The zero-order valence-corrected chi connectivity index (χ0v) is 14.6. The third-order valence-electron chi connectivity index (χ3n) is 3.94. The molecule has 7 heteroatoms. The monoisotopic (exact) mass is 341 g/mol. The number of methoxy groups -OCH3 is 3. The van der Waals surface area contributed by atoms with Crippen LogP contribution in [-0.2, 0) is 6.54 Å². The number of aromatic nitrogens is 3. The van der Waals surface area contributed by atoms with Crippen molar-refractivity contribution < 1.29 is 14.2 Å². The fraction of sp³-hybridized carbons (Fsp3) is 0.278. The normalized spacial score (nSPS) is 10.7. The summed E-state index contributed by atoms with van der Waals surface area (Å²) in [6, 6.07) is 5.44. The van der Waals surface area contributed by atoms with E-state index in [-0.39, 0.29) is 5.56 Å². The van der Waals surface area contributed by atoms with Gasteiger partial charge in [-0.1, -0.05) is 0 Å². The Morgan fingerprint density at radius 2 is 1.80 bits per heavy atom. The molecular formula is C18H19N3O4. The summed E-state index contributed by atoms with van der Waals surface area (Å²) >= 11 is 0. The van der Waals surface area contributed by atoms with Gasteiger partial charge in [-0.05, 0) is 30.7 Å². The Balaban J connectivity index is 2.18. The lowest BCUT2D eigenvalue weighted by molar-refractivity contribution is 0.326. The number of ether oxygens (including phenoxy) is 3. The van der Waals surface area contributed by atoms with E-state index in [0.29, 0.717) is 34.7 Å². The van der Waals surface area contributed by atoms with Gasteiger partial charge in [0.1, 0.15) is 5.52 Å². The van der Waals surface area contributed by atoms with Crippen LogP contribution in [0, 0.1) is 6.92 Å². The maximum Gasteiger partial charge on any atom is 0.261 e. The molecule has 0 saturated carbocycles. The van der Waals surface area contributed by atoms with Crippen LogP contribution in [0.4, 0.5) is 0 Å². The maximum absolute atomic E-state index is 12.9. The first-order chi connectivity index (χ1) is 12.1. The van der Waals surface area contributed by atoms with Crippen molar-refractivity contribution in [3.05, 3.63) is 52.3 Å². The minimum atomic E-state index is -0.182. The van der Waals surface area contributed by atoms with E-state index in [2.05, 4.69) is 9.97 Å². The number of rotatable bonds is 5. The highest BCUT2D eigenvalue weighted by Gasteiger charge is 2.19. The van der Waals surface area contributed by atoms with Crippen molar-refractivity contribution >= 4 is 10.9 Å². The quantitative estimate of drug-likeness (QED) is 0.708. The third kappa shape index (κ3) is 3.00. The molecule has 0 unspecified atom stereocenters. The third-order valence-corrected chi connectivity index (χ3v) is 3.94. The minimum Gasteiger partial charge on any atom is -0.493 e. The van der Waals surface area contributed by atoms with E-state index >= 15 is 0 Å². The number of nitrogens with zero attached hydrogens (tertiary/aromatic N) is 3. The molecule has 3 aromatic rings. The number of benzene rings is 1. The number of hydrogen-bond donors (Lipinski definition) is 0. The molecule has 130 valence electrons. The summed E-state index contributed by atoms with van der Waals surface area (Å²) < 4.78 is 17.6. The van der Waals surface area contributed by atoms with E-state index in [9.17, 15) is 4.79 Å². The van der Waals surface area contributed by atoms with Crippen LogP contribution < -0.4 is 19.8 Å². The molecule has 0 amide bonds. The first kappa shape index (κ1) is 16.8. The Bertz CT molecular complexity index is 982. The molecule has 25 heavy (non-hydrogen) atoms. The van der Waals surface area contributed by atoms with Gasteiger partial charge >= 0.3 is 0 Å². The Kier molecular flexibility index (Phi) is 4.56. The van der Waals surface area contributed by atoms with Gasteiger partial charge in [0.2, 0.25) is 5.75 Å². The van der Waals surface area contributed by atoms with Gasteiger partial charge in [-0.15, -0.1) is 0 Å². The van der Waals surface area contributed by atoms with Crippen molar-refractivity contribution in [2.45, 2.75) is 13.5 Å². The zero-order valence-electron chi connectivity index (χ0n) is 14.6. The smallest absolute Gasteiger partial charge is 0.261 e. The number of pyridine rings is 1. The van der Waals surface area contributed by atoms with Gasteiger partial charge in [-0.25, -0.2) is 4.98 Å². The first-order valence-electron chi connectivity index (χ1n) is 7.68. The van der Waals surface area contributed by atoms with Gasteiger partial charge in [0.25, 0.3) is 5.56 Å². The lowest BCUT2D eigenvalue weighted by Gasteiger charge is -2.15. The Labute approximate surface area is 144 Å². The van der Waals surface area contributed by atoms with Crippen LogP contribution in [0.25, 0.3) is 10.9 Å². The molecule has 0 spiro atoms. The molecule has 0 saturated heterocycles. The molecule has 0 aliphatic heterocycles. The van der Waals surface area contributed by atoms with Crippen molar-refractivity contribution in [1.29, 1.82) is 0 Å². The van der Waals surface area contributed by atoms with E-state index in [4.69, 9.17) is 14.2 Å². The first-order valence-corrected chi connectivity index (χ1v) is 7.68. The molecule has 0 N–H and O–H groups in total. The molecular weight excluding hydrogens is 322 g/mol. The number of aryl methyl sites for hydroxylation is 1. The van der Waals surface area contributed by atoms with E-state index in [0.717, 1.165) is 11.3 Å². The molecule has 0 atom stereocenters. The highest BCUT2D eigenvalue weighted by Crippen LogP contribution is 2.41. The topological polar surface area (TPSA) is 75.5 Å².